The van der Waals surface area contributed by atoms with Crippen molar-refractivity contribution in [3.8, 4) is 0 Å². The lowest BCUT2D eigenvalue weighted by Gasteiger charge is -2.21. The Bertz CT molecular complexity index is 609. The van der Waals surface area contributed by atoms with Crippen LogP contribution in [0.25, 0.3) is 0 Å². The molecule has 2 aromatic rings. The highest BCUT2D eigenvalue weighted by atomic mass is 15.1. The van der Waals surface area contributed by atoms with Crippen molar-refractivity contribution in [1.29, 1.82) is 0 Å². The van der Waals surface area contributed by atoms with Crippen molar-refractivity contribution in [2.45, 2.75) is 25.7 Å². The highest BCUT2D eigenvalue weighted by molar-refractivity contribution is 5.42. The van der Waals surface area contributed by atoms with E-state index >= 15 is 0 Å². The first kappa shape index (κ1) is 12.9. The fourth-order valence-corrected chi connectivity index (χ4v) is 3.05. The number of aromatic nitrogens is 2. The van der Waals surface area contributed by atoms with Gasteiger partial charge in [-0.3, -0.25) is 0 Å². The Morgan fingerprint density at radius 2 is 1.90 bits per heavy atom. The molecular formula is C16H20N4. The van der Waals surface area contributed by atoms with Crippen LogP contribution in [0, 0.1) is 5.41 Å². The molecule has 20 heavy (non-hydrogen) atoms. The average Bonchev–Trinajstić information content (AvgIpc) is 3.01. The smallest absolute Gasteiger partial charge is 0.224 e. The van der Waals surface area contributed by atoms with E-state index in [1.54, 1.807) is 12.3 Å². The molecule has 1 heterocycles. The summed E-state index contributed by atoms with van der Waals surface area (Å²) in [5, 5.41) is 3.34. The molecule has 0 spiro atoms. The Hall–Kier alpha value is -2.10. The molecule has 3 N–H and O–H groups in total. The number of nitrogens with two attached hydrogens (primary N) is 1. The summed E-state index contributed by atoms with van der Waals surface area (Å²) in [6, 6.07) is 12.4. The van der Waals surface area contributed by atoms with Gasteiger partial charge in [-0.25, -0.2) is 4.98 Å². The van der Waals surface area contributed by atoms with E-state index in [1.807, 2.05) is 0 Å². The number of nitrogen functional groups attached to an aromatic ring is 1. The zero-order valence-electron chi connectivity index (χ0n) is 11.9. The summed E-state index contributed by atoms with van der Waals surface area (Å²) in [6.07, 6.45) is 2.84. The molecule has 0 radical (unpaired) electrons. The lowest BCUT2D eigenvalue weighted by molar-refractivity contribution is 0.511. The first-order valence-corrected chi connectivity index (χ1v) is 6.91. The molecule has 104 valence electrons. The van der Waals surface area contributed by atoms with Crippen LogP contribution in [0.1, 0.15) is 25.8 Å². The fraction of sp³-hybridized carbons (Fsp3) is 0.375. The van der Waals surface area contributed by atoms with Crippen molar-refractivity contribution in [3.63, 3.8) is 0 Å². The third-order valence-corrected chi connectivity index (χ3v) is 4.47. The van der Waals surface area contributed by atoms with E-state index in [2.05, 4.69) is 59.5 Å². The molecule has 4 heteroatoms. The van der Waals surface area contributed by atoms with Crippen LogP contribution in [0.4, 0.5) is 11.8 Å². The van der Waals surface area contributed by atoms with E-state index in [-0.39, 0.29) is 5.41 Å². The maximum Gasteiger partial charge on any atom is 0.224 e. The summed E-state index contributed by atoms with van der Waals surface area (Å²) in [4.78, 5) is 8.41. The zero-order chi connectivity index (χ0) is 14.2. The van der Waals surface area contributed by atoms with E-state index in [9.17, 15) is 0 Å². The highest BCUT2D eigenvalue weighted by Crippen LogP contribution is 2.64. The van der Waals surface area contributed by atoms with E-state index in [4.69, 9.17) is 5.73 Å². The van der Waals surface area contributed by atoms with E-state index in [1.165, 1.54) is 12.0 Å². The Morgan fingerprint density at radius 3 is 2.50 bits per heavy atom. The summed E-state index contributed by atoms with van der Waals surface area (Å²) in [5.41, 5.74) is 7.51. The molecule has 1 saturated carbocycles. The van der Waals surface area contributed by atoms with Gasteiger partial charge in [0.05, 0.1) is 0 Å². The van der Waals surface area contributed by atoms with Gasteiger partial charge in [0.15, 0.2) is 0 Å². The van der Waals surface area contributed by atoms with Crippen molar-refractivity contribution < 1.29 is 0 Å². The maximum absolute atomic E-state index is 5.69. The van der Waals surface area contributed by atoms with Gasteiger partial charge >= 0.3 is 0 Å². The lowest BCUT2D eigenvalue weighted by atomic mass is 9.88. The fourth-order valence-electron chi connectivity index (χ4n) is 3.05. The first-order chi connectivity index (χ1) is 9.53. The minimum atomic E-state index is 0.155. The van der Waals surface area contributed by atoms with Crippen LogP contribution in [-0.4, -0.2) is 16.5 Å². The molecule has 1 aliphatic rings. The standard InChI is InChI=1S/C16H20N4/c1-15(2)10-16(15,12-6-4-3-5-7-12)11-19-14-18-9-8-13(17)20-14/h3-9H,10-11H2,1-2H3,(H3,17,18,19,20). The van der Waals surface area contributed by atoms with E-state index < -0.39 is 0 Å². The van der Waals surface area contributed by atoms with Gasteiger partial charge in [-0.1, -0.05) is 44.2 Å². The van der Waals surface area contributed by atoms with E-state index in [0.717, 1.165) is 6.54 Å². The van der Waals surface area contributed by atoms with Gasteiger partial charge in [-0.2, -0.15) is 4.98 Å². The third kappa shape index (κ3) is 2.11. The molecule has 0 saturated heterocycles. The molecular weight excluding hydrogens is 248 g/mol. The summed E-state index contributed by atoms with van der Waals surface area (Å²) < 4.78 is 0. The van der Waals surface area contributed by atoms with Gasteiger partial charge in [0.1, 0.15) is 5.82 Å². The second-order valence-corrected chi connectivity index (χ2v) is 6.17. The summed E-state index contributed by atoms with van der Waals surface area (Å²) in [5.74, 6) is 1.09. The minimum absolute atomic E-state index is 0.155. The van der Waals surface area contributed by atoms with Crippen molar-refractivity contribution in [3.05, 3.63) is 48.2 Å². The number of rotatable bonds is 4. The Labute approximate surface area is 119 Å². The molecule has 4 nitrogen and oxygen atoms in total. The van der Waals surface area contributed by atoms with Gasteiger partial charge < -0.3 is 11.1 Å². The number of nitrogens with zero attached hydrogens (tertiary/aromatic N) is 2. The predicted molar refractivity (Wildman–Crippen MR) is 81.5 cm³/mol. The molecule has 0 aliphatic heterocycles. The van der Waals surface area contributed by atoms with Crippen LogP contribution in [0.3, 0.4) is 0 Å². The number of benzene rings is 1. The van der Waals surface area contributed by atoms with Gasteiger partial charge in [-0.05, 0) is 23.5 Å². The number of hydrogen-bond acceptors (Lipinski definition) is 4. The van der Waals surface area contributed by atoms with Crippen molar-refractivity contribution in [1.82, 2.24) is 9.97 Å². The van der Waals surface area contributed by atoms with Crippen molar-refractivity contribution >= 4 is 11.8 Å². The van der Waals surface area contributed by atoms with Crippen LogP contribution < -0.4 is 11.1 Å². The normalized spacial score (nSPS) is 23.3. The Balaban J connectivity index is 1.80. The van der Waals surface area contributed by atoms with Crippen LogP contribution >= 0.6 is 0 Å². The Morgan fingerprint density at radius 1 is 1.20 bits per heavy atom. The third-order valence-electron chi connectivity index (χ3n) is 4.47. The molecule has 0 bridgehead atoms. The molecule has 1 aromatic carbocycles. The molecule has 1 aliphatic carbocycles. The largest absolute Gasteiger partial charge is 0.384 e. The Kier molecular flexibility index (Phi) is 2.89. The molecule has 1 aromatic heterocycles. The van der Waals surface area contributed by atoms with Gasteiger partial charge in [0.2, 0.25) is 5.95 Å². The van der Waals surface area contributed by atoms with Crippen LogP contribution in [0.15, 0.2) is 42.6 Å². The molecule has 1 fully saturated rings. The van der Waals surface area contributed by atoms with Crippen LogP contribution in [-0.2, 0) is 5.41 Å². The quantitative estimate of drug-likeness (QED) is 0.895. The number of anilines is 2. The molecule has 1 unspecified atom stereocenters. The zero-order valence-corrected chi connectivity index (χ0v) is 11.9. The second-order valence-electron chi connectivity index (χ2n) is 6.17. The molecule has 3 rings (SSSR count). The first-order valence-electron chi connectivity index (χ1n) is 6.91. The molecule has 0 amide bonds. The van der Waals surface area contributed by atoms with Crippen LogP contribution in [0.5, 0.6) is 0 Å². The van der Waals surface area contributed by atoms with E-state index in [0.29, 0.717) is 17.2 Å². The predicted octanol–water partition coefficient (Wildman–Crippen LogP) is 2.84. The second kappa shape index (κ2) is 4.47. The van der Waals surface area contributed by atoms with Gasteiger partial charge in [0.25, 0.3) is 0 Å². The SMILES string of the molecule is CC1(C)CC1(CNc1nccc(N)n1)c1ccccc1. The average molecular weight is 268 g/mol. The minimum Gasteiger partial charge on any atom is -0.384 e. The van der Waals surface area contributed by atoms with Gasteiger partial charge in [0, 0.05) is 18.2 Å². The summed E-state index contributed by atoms with van der Waals surface area (Å²) in [7, 11) is 0. The number of hydrogen-bond donors (Lipinski definition) is 2. The number of nitrogens with one attached hydrogen (secondary N) is 1. The lowest BCUT2D eigenvalue weighted by Crippen LogP contribution is -2.25. The van der Waals surface area contributed by atoms with Gasteiger partial charge in [-0.15, -0.1) is 0 Å². The highest BCUT2D eigenvalue weighted by Gasteiger charge is 2.61. The molecule has 1 atom stereocenters. The summed E-state index contributed by atoms with van der Waals surface area (Å²) in [6.45, 7) is 5.44. The topological polar surface area (TPSA) is 63.8 Å². The maximum atomic E-state index is 5.69. The van der Waals surface area contributed by atoms with Crippen molar-refractivity contribution in [2.24, 2.45) is 5.41 Å². The van der Waals surface area contributed by atoms with Crippen molar-refractivity contribution in [2.75, 3.05) is 17.6 Å². The van der Waals surface area contributed by atoms with Crippen LogP contribution in [0.2, 0.25) is 0 Å². The summed E-state index contributed by atoms with van der Waals surface area (Å²) >= 11 is 0. The monoisotopic (exact) mass is 268 g/mol.